The molecule has 0 aliphatic carbocycles. The van der Waals surface area contributed by atoms with E-state index in [9.17, 15) is 0 Å². The van der Waals surface area contributed by atoms with Crippen LogP contribution in [0.25, 0.3) is 27.5 Å². The van der Waals surface area contributed by atoms with Crippen LogP contribution in [0, 0.1) is 12.1 Å². The fourth-order valence-corrected chi connectivity index (χ4v) is 4.90. The second-order valence-electron chi connectivity index (χ2n) is 7.22. The fourth-order valence-electron chi connectivity index (χ4n) is 4.90. The van der Waals surface area contributed by atoms with Crippen molar-refractivity contribution in [2.24, 2.45) is 0 Å². The highest BCUT2D eigenvalue weighted by molar-refractivity contribution is 6.99. The lowest BCUT2D eigenvalue weighted by atomic mass is 9.34. The van der Waals surface area contributed by atoms with E-state index in [0.29, 0.717) is 0 Å². The maximum absolute atomic E-state index is 6.32. The van der Waals surface area contributed by atoms with Gasteiger partial charge in [-0.25, -0.2) is 0 Å². The molecule has 0 N–H and O–H groups in total. The third-order valence-corrected chi connectivity index (χ3v) is 5.94. The standard InChI is InChI=1S/C24H12BNO/c1-4-10-19-15(7-1)16-13-14-22-23-24(16)26(19)20-11-5-2-8-17(20)25(23)18-9-3-6-12-21(18)27-22/h1,3-4,6-14H. The molecule has 0 amide bonds. The van der Waals surface area contributed by atoms with E-state index in [1.54, 1.807) is 0 Å². The van der Waals surface area contributed by atoms with Gasteiger partial charge in [0.05, 0.1) is 16.7 Å². The van der Waals surface area contributed by atoms with Crippen molar-refractivity contribution < 1.29 is 4.74 Å². The van der Waals surface area contributed by atoms with E-state index in [0.717, 1.165) is 11.5 Å². The van der Waals surface area contributed by atoms with Gasteiger partial charge in [-0.15, -0.1) is 0 Å². The van der Waals surface area contributed by atoms with E-state index in [-0.39, 0.29) is 6.71 Å². The molecule has 2 aliphatic rings. The Morgan fingerprint density at radius 3 is 2.59 bits per heavy atom. The molecule has 3 heterocycles. The monoisotopic (exact) mass is 341 g/mol. The molecule has 27 heavy (non-hydrogen) atoms. The molecule has 4 aromatic carbocycles. The van der Waals surface area contributed by atoms with E-state index in [1.165, 1.54) is 43.9 Å². The lowest BCUT2D eigenvalue weighted by molar-refractivity contribution is 0.488. The van der Waals surface area contributed by atoms with Gasteiger partial charge in [0, 0.05) is 16.8 Å². The van der Waals surface area contributed by atoms with Gasteiger partial charge in [0.2, 0.25) is 0 Å². The maximum Gasteiger partial charge on any atom is 0.257 e. The summed E-state index contributed by atoms with van der Waals surface area (Å²) in [7, 11) is 0. The normalized spacial score (nSPS) is 13.1. The van der Waals surface area contributed by atoms with Crippen LogP contribution in [-0.2, 0) is 0 Å². The number of para-hydroxylation sites is 2. The lowest BCUT2D eigenvalue weighted by Gasteiger charge is -2.32. The van der Waals surface area contributed by atoms with Crippen molar-refractivity contribution in [3.8, 4) is 17.2 Å². The summed E-state index contributed by atoms with van der Waals surface area (Å²) in [5.41, 5.74) is 7.39. The Labute approximate surface area is 156 Å². The van der Waals surface area contributed by atoms with Gasteiger partial charge in [0.1, 0.15) is 11.5 Å². The zero-order chi connectivity index (χ0) is 17.5. The van der Waals surface area contributed by atoms with Gasteiger partial charge in [-0.2, -0.15) is 0 Å². The molecule has 122 valence electrons. The summed E-state index contributed by atoms with van der Waals surface area (Å²) < 4.78 is 8.70. The Kier molecular flexibility index (Phi) is 2.28. The lowest BCUT2D eigenvalue weighted by Crippen LogP contribution is -2.58. The van der Waals surface area contributed by atoms with Crippen molar-refractivity contribution in [3.05, 3.63) is 84.9 Å². The number of fused-ring (bicyclic) bond motifs is 8. The molecule has 0 bridgehead atoms. The molecule has 0 fully saturated rings. The number of hydrogen-bond acceptors (Lipinski definition) is 1. The summed E-state index contributed by atoms with van der Waals surface area (Å²) >= 11 is 0. The van der Waals surface area contributed by atoms with Crippen LogP contribution in [0.3, 0.4) is 0 Å². The Hall–Kier alpha value is -3.64. The minimum Gasteiger partial charge on any atom is -0.458 e. The summed E-state index contributed by atoms with van der Waals surface area (Å²) in [5.74, 6) is 1.89. The summed E-state index contributed by atoms with van der Waals surface area (Å²) in [6.07, 6.45) is 0. The predicted octanol–water partition coefficient (Wildman–Crippen LogP) is 3.32. The molecule has 0 saturated carbocycles. The zero-order valence-electron chi connectivity index (χ0n) is 14.4. The minimum absolute atomic E-state index is 0.159. The number of rotatable bonds is 0. The molecule has 2 nitrogen and oxygen atoms in total. The first-order valence-electron chi connectivity index (χ1n) is 9.17. The smallest absolute Gasteiger partial charge is 0.257 e. The molecule has 1 aromatic heterocycles. The van der Waals surface area contributed by atoms with Gasteiger partial charge in [-0.05, 0) is 46.7 Å². The number of nitrogens with zero attached hydrogens (tertiary/aromatic N) is 1. The van der Waals surface area contributed by atoms with E-state index in [2.05, 4.69) is 83.4 Å². The fraction of sp³-hybridized carbons (Fsp3) is 0. The van der Waals surface area contributed by atoms with Crippen LogP contribution < -0.4 is 21.1 Å². The Bertz CT molecular complexity index is 1420. The number of hydrogen-bond donors (Lipinski definition) is 0. The van der Waals surface area contributed by atoms with Gasteiger partial charge >= 0.3 is 0 Å². The third-order valence-electron chi connectivity index (χ3n) is 5.94. The van der Waals surface area contributed by atoms with Crippen LogP contribution in [0.1, 0.15) is 0 Å². The van der Waals surface area contributed by atoms with Gasteiger partial charge in [0.15, 0.2) is 0 Å². The molecule has 0 saturated heterocycles. The highest BCUT2D eigenvalue weighted by Gasteiger charge is 2.39. The van der Waals surface area contributed by atoms with Gasteiger partial charge in [-0.3, -0.25) is 0 Å². The van der Waals surface area contributed by atoms with E-state index >= 15 is 0 Å². The minimum atomic E-state index is 0.159. The number of aromatic nitrogens is 1. The first-order valence-corrected chi connectivity index (χ1v) is 9.17. The molecular formula is C24H12BNO. The van der Waals surface area contributed by atoms with Crippen molar-refractivity contribution in [3.63, 3.8) is 0 Å². The van der Waals surface area contributed by atoms with Crippen LogP contribution in [-0.4, -0.2) is 11.3 Å². The first kappa shape index (κ1) is 13.6. The van der Waals surface area contributed by atoms with E-state index < -0.39 is 0 Å². The van der Waals surface area contributed by atoms with Crippen molar-refractivity contribution in [2.75, 3.05) is 0 Å². The number of benzene rings is 3. The predicted molar refractivity (Wildman–Crippen MR) is 110 cm³/mol. The molecule has 0 atom stereocenters. The van der Waals surface area contributed by atoms with Crippen LogP contribution in [0.5, 0.6) is 11.5 Å². The van der Waals surface area contributed by atoms with Crippen molar-refractivity contribution >= 4 is 44.9 Å². The Morgan fingerprint density at radius 1 is 0.741 bits per heavy atom. The molecule has 3 heteroatoms. The highest BCUT2D eigenvalue weighted by Crippen LogP contribution is 2.37. The zero-order valence-corrected chi connectivity index (χ0v) is 14.4. The Morgan fingerprint density at radius 2 is 1.59 bits per heavy atom. The molecule has 0 unspecified atom stereocenters. The molecule has 0 radical (unpaired) electrons. The van der Waals surface area contributed by atoms with Crippen molar-refractivity contribution in [1.29, 1.82) is 0 Å². The summed E-state index contributed by atoms with van der Waals surface area (Å²) in [6.45, 7) is 0.159. The van der Waals surface area contributed by atoms with Crippen LogP contribution >= 0.6 is 0 Å². The van der Waals surface area contributed by atoms with E-state index in [1.807, 2.05) is 6.07 Å². The summed E-state index contributed by atoms with van der Waals surface area (Å²) in [6, 6.07) is 31.8. The quantitative estimate of drug-likeness (QED) is 0.386. The molecule has 5 aromatic rings. The molecular weight excluding hydrogens is 329 g/mol. The second kappa shape index (κ2) is 4.55. The average Bonchev–Trinajstić information content (AvgIpc) is 3.07. The highest BCUT2D eigenvalue weighted by atomic mass is 16.5. The largest absolute Gasteiger partial charge is 0.458 e. The third kappa shape index (κ3) is 1.51. The molecule has 2 aliphatic heterocycles. The number of ether oxygens (including phenoxy) is 1. The average molecular weight is 341 g/mol. The van der Waals surface area contributed by atoms with Crippen LogP contribution in [0.2, 0.25) is 0 Å². The topological polar surface area (TPSA) is 14.2 Å². The van der Waals surface area contributed by atoms with Gasteiger partial charge < -0.3 is 9.30 Å². The summed E-state index contributed by atoms with van der Waals surface area (Å²) in [4.78, 5) is 0. The van der Waals surface area contributed by atoms with Gasteiger partial charge in [-0.1, -0.05) is 48.5 Å². The first-order chi connectivity index (χ1) is 13.4. The van der Waals surface area contributed by atoms with Crippen LogP contribution in [0.15, 0.2) is 72.8 Å². The Balaban J connectivity index is 1.77. The van der Waals surface area contributed by atoms with E-state index in [4.69, 9.17) is 4.74 Å². The maximum atomic E-state index is 6.32. The second-order valence-corrected chi connectivity index (χ2v) is 7.22. The summed E-state index contributed by atoms with van der Waals surface area (Å²) in [5, 5.41) is 2.55. The van der Waals surface area contributed by atoms with Crippen molar-refractivity contribution in [2.45, 2.75) is 0 Å². The molecule has 7 rings (SSSR count). The van der Waals surface area contributed by atoms with Crippen LogP contribution in [0.4, 0.5) is 0 Å². The SMILES string of the molecule is c1cc2c(cc#1)-n1c3ccccc3c3ccc4c(c31)B2c1ccccc1O4. The molecule has 0 spiro atoms. The van der Waals surface area contributed by atoms with Gasteiger partial charge in [0.25, 0.3) is 6.71 Å². The van der Waals surface area contributed by atoms with Crippen molar-refractivity contribution in [1.82, 2.24) is 4.57 Å².